The highest BCUT2D eigenvalue weighted by molar-refractivity contribution is 7.85. The highest BCUT2D eigenvalue weighted by atomic mass is 35.5. The summed E-state index contributed by atoms with van der Waals surface area (Å²) in [6.45, 7) is 4.30. The number of nitrogens with one attached hydrogen (secondary N) is 1. The van der Waals surface area contributed by atoms with E-state index in [0.717, 1.165) is 24.1 Å². The van der Waals surface area contributed by atoms with Crippen LogP contribution >= 0.6 is 11.8 Å². The Balaban J connectivity index is 2.13. The molecule has 2 aromatic rings. The number of benzene rings is 2. The molecule has 0 aliphatic rings. The van der Waals surface area contributed by atoms with Crippen LogP contribution in [0, 0.1) is 0 Å². The second kappa shape index (κ2) is 8.01. The van der Waals surface area contributed by atoms with Crippen LogP contribution in [0.4, 0.5) is 5.69 Å². The van der Waals surface area contributed by atoms with Crippen molar-refractivity contribution in [2.24, 2.45) is 0 Å². The lowest BCUT2D eigenvalue weighted by atomic mass is 9.84. The molecule has 130 valence electrons. The molecule has 6 heteroatoms. The summed E-state index contributed by atoms with van der Waals surface area (Å²) in [5.41, 5.74) is 3.18. The molecule has 0 saturated carbocycles. The SMILES string of the molecule is CCC(CC(C)c1ccc(NCl)cc1)c1ccc(S(=O)(=O)O)cc1. The van der Waals surface area contributed by atoms with Crippen LogP contribution in [0.3, 0.4) is 0 Å². The first kappa shape index (κ1) is 18.8. The van der Waals surface area contributed by atoms with Crippen molar-refractivity contribution in [2.75, 3.05) is 4.84 Å². The predicted octanol–water partition coefficient (Wildman–Crippen LogP) is 5.19. The van der Waals surface area contributed by atoms with E-state index in [4.69, 9.17) is 16.3 Å². The van der Waals surface area contributed by atoms with Gasteiger partial charge in [-0.25, -0.2) is 0 Å². The lowest BCUT2D eigenvalue weighted by Crippen LogP contribution is -2.05. The molecule has 0 fully saturated rings. The van der Waals surface area contributed by atoms with Crippen LogP contribution in [0.2, 0.25) is 0 Å². The second-order valence-electron chi connectivity index (χ2n) is 6.00. The van der Waals surface area contributed by atoms with Crippen molar-refractivity contribution < 1.29 is 13.0 Å². The van der Waals surface area contributed by atoms with Crippen LogP contribution < -0.4 is 4.84 Å². The summed E-state index contributed by atoms with van der Waals surface area (Å²) in [5, 5.41) is 0. The lowest BCUT2D eigenvalue weighted by molar-refractivity contribution is 0.483. The Kier molecular flexibility index (Phi) is 6.27. The Morgan fingerprint density at radius 1 is 1.04 bits per heavy atom. The molecule has 2 rings (SSSR count). The average molecular weight is 368 g/mol. The molecule has 0 aliphatic heterocycles. The minimum atomic E-state index is -4.14. The Labute approximate surface area is 148 Å². The molecule has 24 heavy (non-hydrogen) atoms. The molecule has 4 nitrogen and oxygen atoms in total. The Bertz CT molecular complexity index is 758. The molecule has 2 atom stereocenters. The maximum Gasteiger partial charge on any atom is 0.294 e. The van der Waals surface area contributed by atoms with E-state index in [1.807, 2.05) is 12.1 Å². The van der Waals surface area contributed by atoms with Gasteiger partial charge in [0.05, 0.1) is 4.90 Å². The van der Waals surface area contributed by atoms with Crippen molar-refractivity contribution in [3.8, 4) is 0 Å². The van der Waals surface area contributed by atoms with Gasteiger partial charge in [-0.3, -0.25) is 9.39 Å². The molecule has 0 radical (unpaired) electrons. The van der Waals surface area contributed by atoms with Gasteiger partial charge in [0.2, 0.25) is 0 Å². The highest BCUT2D eigenvalue weighted by Gasteiger charge is 2.16. The van der Waals surface area contributed by atoms with Crippen LogP contribution in [0.15, 0.2) is 53.4 Å². The van der Waals surface area contributed by atoms with Crippen molar-refractivity contribution in [1.29, 1.82) is 0 Å². The van der Waals surface area contributed by atoms with Crippen LogP contribution in [0.5, 0.6) is 0 Å². The first-order chi connectivity index (χ1) is 11.3. The molecule has 0 amide bonds. The zero-order valence-electron chi connectivity index (χ0n) is 13.7. The summed E-state index contributed by atoms with van der Waals surface area (Å²) in [4.78, 5) is 2.52. The smallest absolute Gasteiger partial charge is 0.294 e. The van der Waals surface area contributed by atoms with E-state index in [9.17, 15) is 8.42 Å². The molecule has 0 heterocycles. The summed E-state index contributed by atoms with van der Waals surface area (Å²) in [7, 11) is -4.14. The van der Waals surface area contributed by atoms with Gasteiger partial charge in [0, 0.05) is 17.5 Å². The average Bonchev–Trinajstić information content (AvgIpc) is 2.59. The third-order valence-corrected chi connectivity index (χ3v) is 5.46. The van der Waals surface area contributed by atoms with Gasteiger partial charge in [-0.2, -0.15) is 8.42 Å². The van der Waals surface area contributed by atoms with Crippen molar-refractivity contribution in [3.63, 3.8) is 0 Å². The van der Waals surface area contributed by atoms with Crippen molar-refractivity contribution in [3.05, 3.63) is 59.7 Å². The summed E-state index contributed by atoms with van der Waals surface area (Å²) in [5.74, 6) is 0.682. The van der Waals surface area contributed by atoms with Crippen LogP contribution in [0.1, 0.15) is 49.7 Å². The summed E-state index contributed by atoms with van der Waals surface area (Å²) >= 11 is 5.58. The minimum Gasteiger partial charge on any atom is -0.299 e. The number of halogens is 1. The normalized spacial score (nSPS) is 14.2. The third-order valence-electron chi connectivity index (χ3n) is 4.37. The van der Waals surface area contributed by atoms with Gasteiger partial charge in [-0.1, -0.05) is 38.1 Å². The van der Waals surface area contributed by atoms with Crippen LogP contribution in [-0.4, -0.2) is 13.0 Å². The second-order valence-corrected chi connectivity index (χ2v) is 7.61. The number of hydrogen-bond acceptors (Lipinski definition) is 3. The fourth-order valence-electron chi connectivity index (χ4n) is 2.89. The highest BCUT2D eigenvalue weighted by Crippen LogP contribution is 2.32. The molecular formula is C18H22ClNO3S. The van der Waals surface area contributed by atoms with Gasteiger partial charge in [0.1, 0.15) is 0 Å². The molecular weight excluding hydrogens is 346 g/mol. The maximum atomic E-state index is 11.1. The molecule has 2 aromatic carbocycles. The Morgan fingerprint density at radius 2 is 1.58 bits per heavy atom. The lowest BCUT2D eigenvalue weighted by Gasteiger charge is -2.21. The third kappa shape index (κ3) is 4.72. The van der Waals surface area contributed by atoms with Crippen molar-refractivity contribution >= 4 is 27.6 Å². The first-order valence-corrected chi connectivity index (χ1v) is 9.71. The van der Waals surface area contributed by atoms with E-state index < -0.39 is 10.1 Å². The first-order valence-electron chi connectivity index (χ1n) is 7.89. The molecule has 0 spiro atoms. The van der Waals surface area contributed by atoms with E-state index in [-0.39, 0.29) is 4.90 Å². The van der Waals surface area contributed by atoms with Crippen molar-refractivity contribution in [2.45, 2.75) is 43.4 Å². The van der Waals surface area contributed by atoms with E-state index in [0.29, 0.717) is 11.8 Å². The fraction of sp³-hybridized carbons (Fsp3) is 0.333. The number of rotatable bonds is 7. The van der Waals surface area contributed by atoms with E-state index >= 15 is 0 Å². The fourth-order valence-corrected chi connectivity index (χ4v) is 3.49. The Hall–Kier alpha value is -1.56. The van der Waals surface area contributed by atoms with Gasteiger partial charge in [-0.15, -0.1) is 0 Å². The Morgan fingerprint density at radius 3 is 2.04 bits per heavy atom. The van der Waals surface area contributed by atoms with Crippen LogP contribution in [-0.2, 0) is 10.1 Å². The molecule has 0 bridgehead atoms. The van der Waals surface area contributed by atoms with E-state index in [1.54, 1.807) is 12.1 Å². The molecule has 2 N–H and O–H groups in total. The van der Waals surface area contributed by atoms with E-state index in [2.05, 4.69) is 30.8 Å². The van der Waals surface area contributed by atoms with Gasteiger partial charge in [0.25, 0.3) is 10.1 Å². The largest absolute Gasteiger partial charge is 0.299 e. The summed E-state index contributed by atoms with van der Waals surface area (Å²) in [6.07, 6.45) is 1.91. The van der Waals surface area contributed by atoms with Gasteiger partial charge < -0.3 is 0 Å². The zero-order chi connectivity index (χ0) is 17.7. The van der Waals surface area contributed by atoms with Gasteiger partial charge in [-0.05, 0) is 60.1 Å². The molecule has 0 saturated heterocycles. The number of anilines is 1. The molecule has 2 unspecified atom stereocenters. The van der Waals surface area contributed by atoms with E-state index in [1.165, 1.54) is 17.7 Å². The van der Waals surface area contributed by atoms with Gasteiger partial charge in [0.15, 0.2) is 0 Å². The summed E-state index contributed by atoms with van der Waals surface area (Å²) in [6, 6.07) is 14.5. The van der Waals surface area contributed by atoms with Crippen LogP contribution in [0.25, 0.3) is 0 Å². The molecule has 0 aliphatic carbocycles. The zero-order valence-corrected chi connectivity index (χ0v) is 15.3. The topological polar surface area (TPSA) is 66.4 Å². The summed E-state index contributed by atoms with van der Waals surface area (Å²) < 4.78 is 31.3. The number of hydrogen-bond donors (Lipinski definition) is 2. The van der Waals surface area contributed by atoms with Gasteiger partial charge >= 0.3 is 0 Å². The quantitative estimate of drug-likeness (QED) is 0.522. The molecule has 0 aromatic heterocycles. The monoisotopic (exact) mass is 367 g/mol. The predicted molar refractivity (Wildman–Crippen MR) is 98.2 cm³/mol. The van der Waals surface area contributed by atoms with Crippen molar-refractivity contribution in [1.82, 2.24) is 0 Å². The maximum absolute atomic E-state index is 11.1. The standard InChI is InChI=1S/C18H22ClNO3S/c1-3-14(16-6-10-18(11-7-16)24(21,22)23)12-13(2)15-4-8-17(20-19)9-5-15/h4-11,13-14,20H,3,12H2,1-2H3,(H,21,22,23). The minimum absolute atomic E-state index is 0.0710.